The fourth-order valence-corrected chi connectivity index (χ4v) is 3.88. The van der Waals surface area contributed by atoms with Crippen molar-refractivity contribution in [1.82, 2.24) is 14.9 Å². The van der Waals surface area contributed by atoms with Gasteiger partial charge >= 0.3 is 0 Å². The van der Waals surface area contributed by atoms with E-state index in [-0.39, 0.29) is 23.8 Å². The first-order valence-corrected chi connectivity index (χ1v) is 10.8. The van der Waals surface area contributed by atoms with Gasteiger partial charge in [0.05, 0.1) is 27.0 Å². The summed E-state index contributed by atoms with van der Waals surface area (Å²) in [6, 6.07) is 15.4. The van der Waals surface area contributed by atoms with Crippen LogP contribution in [0.2, 0.25) is 0 Å². The molecule has 9 nitrogen and oxygen atoms in total. The summed E-state index contributed by atoms with van der Waals surface area (Å²) in [6.45, 7) is 0.119. The van der Waals surface area contributed by atoms with Gasteiger partial charge < -0.3 is 18.9 Å². The smallest absolute Gasteiger partial charge is 0.244 e. The lowest BCUT2D eigenvalue weighted by Gasteiger charge is -2.12. The van der Waals surface area contributed by atoms with Gasteiger partial charge in [0.25, 0.3) is 0 Å². The normalized spacial score (nSPS) is 11.1. The van der Waals surface area contributed by atoms with E-state index in [1.54, 1.807) is 25.3 Å². The highest BCUT2D eigenvalue weighted by atomic mass is 32.2. The van der Waals surface area contributed by atoms with Crippen LogP contribution in [-0.2, 0) is 10.0 Å². The number of nitrogens with one attached hydrogen (secondary N) is 1. The Bertz CT molecular complexity index is 1100. The number of hydrogen-bond donors (Lipinski definition) is 1. The Morgan fingerprint density at radius 1 is 0.839 bits per heavy atom. The lowest BCUT2D eigenvalue weighted by atomic mass is 10.1. The number of hydrogen-bond acceptors (Lipinski definition) is 8. The zero-order valence-electron chi connectivity index (χ0n) is 17.4. The van der Waals surface area contributed by atoms with Crippen LogP contribution >= 0.6 is 0 Å². The minimum atomic E-state index is -3.79. The second kappa shape index (κ2) is 10.1. The van der Waals surface area contributed by atoms with Gasteiger partial charge in [-0.05, 0) is 42.5 Å². The third kappa shape index (κ3) is 5.62. The van der Waals surface area contributed by atoms with E-state index in [2.05, 4.69) is 14.9 Å². The lowest BCUT2D eigenvalue weighted by Crippen LogP contribution is -2.28. The molecule has 1 aromatic heterocycles. The van der Waals surface area contributed by atoms with Gasteiger partial charge in [-0.15, -0.1) is 10.2 Å². The largest absolute Gasteiger partial charge is 0.497 e. The summed E-state index contributed by atoms with van der Waals surface area (Å²) in [4.78, 5) is 0.0134. The van der Waals surface area contributed by atoms with E-state index in [4.69, 9.17) is 18.9 Å². The Labute approximate surface area is 181 Å². The first-order valence-electron chi connectivity index (χ1n) is 9.29. The highest BCUT2D eigenvalue weighted by molar-refractivity contribution is 7.89. The summed E-state index contributed by atoms with van der Waals surface area (Å²) >= 11 is 0. The van der Waals surface area contributed by atoms with Crippen molar-refractivity contribution in [3.05, 3.63) is 54.6 Å². The molecule has 10 heteroatoms. The second-order valence-corrected chi connectivity index (χ2v) is 7.98. The predicted molar refractivity (Wildman–Crippen MR) is 114 cm³/mol. The molecule has 3 aromatic rings. The first-order chi connectivity index (χ1) is 15.0. The Morgan fingerprint density at radius 3 is 2.16 bits per heavy atom. The molecule has 0 radical (unpaired) electrons. The van der Waals surface area contributed by atoms with Crippen molar-refractivity contribution in [1.29, 1.82) is 0 Å². The molecule has 0 spiro atoms. The zero-order chi connectivity index (χ0) is 22.3. The van der Waals surface area contributed by atoms with Crippen LogP contribution in [0.4, 0.5) is 0 Å². The Balaban J connectivity index is 1.55. The number of ether oxygens (including phenoxy) is 4. The summed E-state index contributed by atoms with van der Waals surface area (Å²) < 4.78 is 48.4. The van der Waals surface area contributed by atoms with E-state index in [1.165, 1.54) is 26.4 Å². The minimum Gasteiger partial charge on any atom is -0.497 e. The lowest BCUT2D eigenvalue weighted by molar-refractivity contribution is 0.307. The molecule has 1 heterocycles. The van der Waals surface area contributed by atoms with Crippen molar-refractivity contribution in [3.63, 3.8) is 0 Å². The molecule has 0 unspecified atom stereocenters. The van der Waals surface area contributed by atoms with Gasteiger partial charge in [0, 0.05) is 24.2 Å². The van der Waals surface area contributed by atoms with Crippen molar-refractivity contribution in [2.45, 2.75) is 4.90 Å². The summed E-state index contributed by atoms with van der Waals surface area (Å²) in [5.74, 6) is 1.73. The standard InChI is InChI=1S/C21H23N3O6S/c1-27-16-6-4-15(5-7-16)18-9-11-21(24-23-18)30-13-12-22-31(25,26)20-10-8-17(28-2)14-19(20)29-3/h4-11,14,22H,12-13H2,1-3H3. The molecular weight excluding hydrogens is 422 g/mol. The molecule has 1 N–H and O–H groups in total. The highest BCUT2D eigenvalue weighted by Crippen LogP contribution is 2.28. The number of aromatic nitrogens is 2. The number of rotatable bonds is 10. The van der Waals surface area contributed by atoms with Crippen LogP contribution in [0.3, 0.4) is 0 Å². The molecule has 3 rings (SSSR count). The Morgan fingerprint density at radius 2 is 1.55 bits per heavy atom. The quantitative estimate of drug-likeness (QED) is 0.474. The van der Waals surface area contributed by atoms with Gasteiger partial charge in [-0.2, -0.15) is 0 Å². The third-order valence-electron chi connectivity index (χ3n) is 4.33. The van der Waals surface area contributed by atoms with Crippen molar-refractivity contribution >= 4 is 10.0 Å². The maximum atomic E-state index is 12.5. The molecule has 0 atom stereocenters. The van der Waals surface area contributed by atoms with Crippen LogP contribution in [-0.4, -0.2) is 53.1 Å². The van der Waals surface area contributed by atoms with Crippen LogP contribution in [0.5, 0.6) is 23.1 Å². The van der Waals surface area contributed by atoms with Crippen molar-refractivity contribution in [2.75, 3.05) is 34.5 Å². The monoisotopic (exact) mass is 445 g/mol. The number of sulfonamides is 1. The maximum Gasteiger partial charge on any atom is 0.244 e. The van der Waals surface area contributed by atoms with Gasteiger partial charge in [-0.1, -0.05) is 0 Å². The molecule has 0 bridgehead atoms. The molecule has 164 valence electrons. The van der Waals surface area contributed by atoms with Crippen molar-refractivity contribution in [2.24, 2.45) is 0 Å². The van der Waals surface area contributed by atoms with Crippen LogP contribution < -0.4 is 23.7 Å². The third-order valence-corrected chi connectivity index (χ3v) is 5.83. The fourth-order valence-electron chi connectivity index (χ4n) is 2.72. The minimum absolute atomic E-state index is 0.0134. The summed E-state index contributed by atoms with van der Waals surface area (Å²) in [5, 5.41) is 8.16. The molecule has 0 amide bonds. The average molecular weight is 445 g/mol. The first kappa shape index (κ1) is 22.3. The molecule has 0 fully saturated rings. The summed E-state index contributed by atoms with van der Waals surface area (Å²) in [7, 11) is 0.703. The van der Waals surface area contributed by atoms with Gasteiger partial charge in [-0.3, -0.25) is 0 Å². The van der Waals surface area contributed by atoms with Crippen LogP contribution in [0, 0.1) is 0 Å². The van der Waals surface area contributed by atoms with E-state index in [1.807, 2.05) is 24.3 Å². The van der Waals surface area contributed by atoms with E-state index < -0.39 is 10.0 Å². The zero-order valence-corrected chi connectivity index (χ0v) is 18.2. The molecule has 0 aliphatic heterocycles. The molecule has 0 saturated heterocycles. The molecule has 0 aliphatic carbocycles. The molecule has 31 heavy (non-hydrogen) atoms. The number of methoxy groups -OCH3 is 3. The van der Waals surface area contributed by atoms with E-state index in [0.29, 0.717) is 17.3 Å². The predicted octanol–water partition coefficient (Wildman–Crippen LogP) is 2.53. The van der Waals surface area contributed by atoms with E-state index in [9.17, 15) is 8.42 Å². The van der Waals surface area contributed by atoms with Crippen LogP contribution in [0.15, 0.2) is 59.5 Å². The average Bonchev–Trinajstić information content (AvgIpc) is 2.81. The SMILES string of the molecule is COc1ccc(-c2ccc(OCCNS(=O)(=O)c3ccc(OC)cc3OC)nn2)cc1. The summed E-state index contributed by atoms with van der Waals surface area (Å²) in [5.41, 5.74) is 1.57. The van der Waals surface area contributed by atoms with Crippen molar-refractivity contribution < 1.29 is 27.4 Å². The topological polar surface area (TPSA) is 109 Å². The fraction of sp³-hybridized carbons (Fsp3) is 0.238. The van der Waals surface area contributed by atoms with Gasteiger partial charge in [-0.25, -0.2) is 13.1 Å². The maximum absolute atomic E-state index is 12.5. The molecular formula is C21H23N3O6S. The second-order valence-electron chi connectivity index (χ2n) is 6.25. The van der Waals surface area contributed by atoms with Gasteiger partial charge in [0.2, 0.25) is 15.9 Å². The number of benzene rings is 2. The highest BCUT2D eigenvalue weighted by Gasteiger charge is 2.19. The molecule has 2 aromatic carbocycles. The van der Waals surface area contributed by atoms with E-state index >= 15 is 0 Å². The van der Waals surface area contributed by atoms with Crippen molar-refractivity contribution in [3.8, 4) is 34.4 Å². The summed E-state index contributed by atoms with van der Waals surface area (Å²) in [6.07, 6.45) is 0. The van der Waals surface area contributed by atoms with Crippen LogP contribution in [0.25, 0.3) is 11.3 Å². The Hall–Kier alpha value is -3.37. The van der Waals surface area contributed by atoms with E-state index in [0.717, 1.165) is 11.3 Å². The molecule has 0 aliphatic rings. The Kier molecular flexibility index (Phi) is 7.27. The van der Waals surface area contributed by atoms with Gasteiger partial charge in [0.1, 0.15) is 28.8 Å². The van der Waals surface area contributed by atoms with Gasteiger partial charge in [0.15, 0.2) is 0 Å². The number of nitrogens with zero attached hydrogens (tertiary/aromatic N) is 2. The molecule has 0 saturated carbocycles. The van der Waals surface area contributed by atoms with Crippen LogP contribution in [0.1, 0.15) is 0 Å².